The molecule has 0 N–H and O–H groups in total. The Morgan fingerprint density at radius 3 is 3.00 bits per heavy atom. The first-order valence-corrected chi connectivity index (χ1v) is 3.12. The van der Waals surface area contributed by atoms with Gasteiger partial charge in [-0.05, 0) is 6.42 Å². The molecule has 1 heterocycles. The van der Waals surface area contributed by atoms with Crippen molar-refractivity contribution >= 4 is 6.21 Å². The highest BCUT2D eigenvalue weighted by atomic mass is 16.6. The molecule has 0 aromatic carbocycles. The minimum Gasteiger partial charge on any atom is -0.281 e. The summed E-state index contributed by atoms with van der Waals surface area (Å²) in [5.74, 6) is 0. The Hall–Kier alpha value is -1.19. The highest BCUT2D eigenvalue weighted by Gasteiger charge is 2.18. The van der Waals surface area contributed by atoms with Crippen LogP contribution in [0.25, 0.3) is 0 Å². The van der Waals surface area contributed by atoms with Crippen molar-refractivity contribution in [2.75, 3.05) is 6.54 Å². The summed E-state index contributed by atoms with van der Waals surface area (Å²) in [7, 11) is 0. The summed E-state index contributed by atoms with van der Waals surface area (Å²) >= 11 is 0. The molecule has 0 aromatic heterocycles. The van der Waals surface area contributed by atoms with E-state index >= 15 is 0 Å². The predicted octanol–water partition coefficient (Wildman–Crippen LogP) is 1.01. The van der Waals surface area contributed by atoms with Gasteiger partial charge in [0.15, 0.2) is 0 Å². The largest absolute Gasteiger partial charge is 0.288 e. The summed E-state index contributed by atoms with van der Waals surface area (Å²) in [4.78, 5) is 13.6. The molecule has 10 heavy (non-hydrogen) atoms. The third kappa shape index (κ3) is 1.05. The Bertz CT molecular complexity index is 218. The molecule has 1 aliphatic heterocycles. The first-order chi connectivity index (χ1) is 4.75. The van der Waals surface area contributed by atoms with Gasteiger partial charge in [-0.25, -0.2) is 0 Å². The molecule has 4 heteroatoms. The van der Waals surface area contributed by atoms with Crippen molar-refractivity contribution in [2.24, 2.45) is 4.99 Å². The van der Waals surface area contributed by atoms with E-state index in [-0.39, 0.29) is 10.6 Å². The first kappa shape index (κ1) is 6.92. The van der Waals surface area contributed by atoms with Crippen molar-refractivity contribution in [3.63, 3.8) is 0 Å². The van der Waals surface area contributed by atoms with Gasteiger partial charge in [0, 0.05) is 5.57 Å². The third-order valence-corrected chi connectivity index (χ3v) is 1.48. The average molecular weight is 140 g/mol. The van der Waals surface area contributed by atoms with Gasteiger partial charge in [0.25, 0.3) is 5.70 Å². The minimum atomic E-state index is -0.380. The van der Waals surface area contributed by atoms with Crippen LogP contribution in [0.1, 0.15) is 13.3 Å². The second-order valence-corrected chi connectivity index (χ2v) is 2.07. The van der Waals surface area contributed by atoms with Gasteiger partial charge in [-0.15, -0.1) is 0 Å². The lowest BCUT2D eigenvalue weighted by molar-refractivity contribution is -0.415. The standard InChI is InChI=1S/C6H8N2O2/c1-2-5-3-7-4-6(5)8(9)10/h4H,2-3H2,1H3. The van der Waals surface area contributed by atoms with Crippen LogP contribution in [-0.4, -0.2) is 17.7 Å². The van der Waals surface area contributed by atoms with Crippen LogP contribution in [0.4, 0.5) is 0 Å². The highest BCUT2D eigenvalue weighted by Crippen LogP contribution is 2.13. The lowest BCUT2D eigenvalue weighted by Crippen LogP contribution is -2.00. The van der Waals surface area contributed by atoms with Gasteiger partial charge in [0.05, 0.1) is 17.7 Å². The Balaban J connectivity index is 2.87. The summed E-state index contributed by atoms with van der Waals surface area (Å²) in [5, 5.41) is 10.2. The molecule has 0 atom stereocenters. The summed E-state index contributed by atoms with van der Waals surface area (Å²) in [6.07, 6.45) is 2.05. The molecule has 0 aliphatic carbocycles. The van der Waals surface area contributed by atoms with Crippen molar-refractivity contribution in [3.05, 3.63) is 21.4 Å². The zero-order valence-corrected chi connectivity index (χ0v) is 5.70. The molecule has 0 saturated heterocycles. The van der Waals surface area contributed by atoms with E-state index in [1.54, 1.807) is 0 Å². The fourth-order valence-corrected chi connectivity index (χ4v) is 0.884. The first-order valence-electron chi connectivity index (χ1n) is 3.12. The Morgan fingerprint density at radius 1 is 1.90 bits per heavy atom. The molecular formula is C6H8N2O2. The monoisotopic (exact) mass is 140 g/mol. The van der Waals surface area contributed by atoms with Crippen LogP contribution in [0.15, 0.2) is 16.3 Å². The van der Waals surface area contributed by atoms with E-state index in [0.717, 1.165) is 12.0 Å². The zero-order valence-electron chi connectivity index (χ0n) is 5.70. The molecular weight excluding hydrogens is 132 g/mol. The second kappa shape index (κ2) is 2.60. The zero-order chi connectivity index (χ0) is 7.56. The number of nitrogens with zero attached hydrogens (tertiary/aromatic N) is 2. The van der Waals surface area contributed by atoms with Gasteiger partial charge in [-0.2, -0.15) is 0 Å². The normalized spacial score (nSPS) is 16.5. The minimum absolute atomic E-state index is 0.183. The molecule has 0 aromatic rings. The molecule has 1 aliphatic rings. The van der Waals surface area contributed by atoms with E-state index < -0.39 is 0 Å². The number of hydrogen-bond donors (Lipinski definition) is 0. The van der Waals surface area contributed by atoms with Crippen LogP contribution >= 0.6 is 0 Å². The quantitative estimate of drug-likeness (QED) is 0.424. The van der Waals surface area contributed by atoms with Gasteiger partial charge in [-0.3, -0.25) is 15.1 Å². The van der Waals surface area contributed by atoms with Crippen LogP contribution in [-0.2, 0) is 0 Å². The number of allylic oxidation sites excluding steroid dienone is 1. The van der Waals surface area contributed by atoms with Crippen LogP contribution in [0.5, 0.6) is 0 Å². The number of hydrogen-bond acceptors (Lipinski definition) is 3. The Labute approximate surface area is 58.4 Å². The van der Waals surface area contributed by atoms with Crippen molar-refractivity contribution in [1.82, 2.24) is 0 Å². The van der Waals surface area contributed by atoms with E-state index in [9.17, 15) is 10.1 Å². The molecule has 54 valence electrons. The van der Waals surface area contributed by atoms with Gasteiger partial charge >= 0.3 is 0 Å². The van der Waals surface area contributed by atoms with Crippen LogP contribution in [0.2, 0.25) is 0 Å². The highest BCUT2D eigenvalue weighted by molar-refractivity contribution is 5.79. The molecule has 0 saturated carbocycles. The summed E-state index contributed by atoms with van der Waals surface area (Å²) < 4.78 is 0. The number of aliphatic imine (C=N–C) groups is 1. The van der Waals surface area contributed by atoms with Crippen molar-refractivity contribution in [2.45, 2.75) is 13.3 Å². The Kier molecular flexibility index (Phi) is 1.80. The molecule has 1 rings (SSSR count). The molecule has 4 nitrogen and oxygen atoms in total. The summed E-state index contributed by atoms with van der Waals surface area (Å²) in [6, 6.07) is 0. The van der Waals surface area contributed by atoms with Crippen LogP contribution in [0, 0.1) is 10.1 Å². The predicted molar refractivity (Wildman–Crippen MR) is 37.7 cm³/mol. The van der Waals surface area contributed by atoms with Crippen LogP contribution < -0.4 is 0 Å². The molecule has 0 spiro atoms. The maximum atomic E-state index is 10.2. The topological polar surface area (TPSA) is 55.5 Å². The van der Waals surface area contributed by atoms with Gasteiger partial charge in [0.2, 0.25) is 0 Å². The Morgan fingerprint density at radius 2 is 2.60 bits per heavy atom. The summed E-state index contributed by atoms with van der Waals surface area (Å²) in [5.41, 5.74) is 1.01. The van der Waals surface area contributed by atoms with Gasteiger partial charge < -0.3 is 0 Å². The van der Waals surface area contributed by atoms with E-state index in [0.29, 0.717) is 6.54 Å². The van der Waals surface area contributed by atoms with Crippen LogP contribution in [0.3, 0.4) is 0 Å². The van der Waals surface area contributed by atoms with E-state index in [4.69, 9.17) is 0 Å². The smallest absolute Gasteiger partial charge is 0.281 e. The molecule has 0 radical (unpaired) electrons. The lowest BCUT2D eigenvalue weighted by Gasteiger charge is -1.91. The van der Waals surface area contributed by atoms with Gasteiger partial charge in [0.1, 0.15) is 0 Å². The summed E-state index contributed by atoms with van der Waals surface area (Å²) in [6.45, 7) is 2.40. The van der Waals surface area contributed by atoms with E-state index in [1.165, 1.54) is 6.21 Å². The maximum absolute atomic E-state index is 10.2. The average Bonchev–Trinajstić information content (AvgIpc) is 2.33. The van der Waals surface area contributed by atoms with Crippen molar-refractivity contribution < 1.29 is 4.92 Å². The molecule has 0 bridgehead atoms. The van der Waals surface area contributed by atoms with Crippen molar-refractivity contribution in [1.29, 1.82) is 0 Å². The molecule has 0 unspecified atom stereocenters. The number of nitro groups is 1. The van der Waals surface area contributed by atoms with E-state index in [2.05, 4.69) is 4.99 Å². The third-order valence-electron chi connectivity index (χ3n) is 1.48. The SMILES string of the molecule is CCC1=C([N+](=O)[O-])C=NC1. The lowest BCUT2D eigenvalue weighted by atomic mass is 10.2. The molecule has 0 fully saturated rings. The fourth-order valence-electron chi connectivity index (χ4n) is 0.884. The maximum Gasteiger partial charge on any atom is 0.288 e. The van der Waals surface area contributed by atoms with Crippen molar-refractivity contribution in [3.8, 4) is 0 Å². The van der Waals surface area contributed by atoms with E-state index in [1.807, 2.05) is 6.92 Å². The molecule has 0 amide bonds. The number of rotatable bonds is 2. The second-order valence-electron chi connectivity index (χ2n) is 2.07. The fraction of sp³-hybridized carbons (Fsp3) is 0.500. The van der Waals surface area contributed by atoms with Gasteiger partial charge in [-0.1, -0.05) is 6.92 Å².